The molecule has 2 N–H and O–H groups in total. The second kappa shape index (κ2) is 9.66. The van der Waals surface area contributed by atoms with Crippen LogP contribution in [0.25, 0.3) is 0 Å². The molecule has 0 aromatic heterocycles. The summed E-state index contributed by atoms with van der Waals surface area (Å²) in [5.41, 5.74) is 7.19. The molecular weight excluding hydrogens is 264 g/mol. The molecule has 0 aliphatic carbocycles. The first-order chi connectivity index (χ1) is 10.3. The molecule has 0 saturated carbocycles. The van der Waals surface area contributed by atoms with E-state index in [1.165, 1.54) is 18.2 Å². The Hall–Kier alpha value is -2.20. The lowest BCUT2D eigenvalue weighted by Crippen LogP contribution is -1.91. The first-order valence-corrected chi connectivity index (χ1v) is 7.11. The van der Waals surface area contributed by atoms with Crippen LogP contribution in [0.1, 0.15) is 24.0 Å². The predicted octanol–water partition coefficient (Wildman–Crippen LogP) is 3.74. The van der Waals surface area contributed by atoms with Gasteiger partial charge in [0, 0.05) is 12.1 Å². The average molecular weight is 286 g/mol. The van der Waals surface area contributed by atoms with Crippen molar-refractivity contribution in [3.63, 3.8) is 0 Å². The molecule has 0 unspecified atom stereocenters. The van der Waals surface area contributed by atoms with Gasteiger partial charge in [-0.3, -0.25) is 10.1 Å². The van der Waals surface area contributed by atoms with Gasteiger partial charge in [-0.15, -0.1) is 0 Å². The van der Waals surface area contributed by atoms with Gasteiger partial charge < -0.3 is 5.73 Å². The molecule has 2 aromatic rings. The van der Waals surface area contributed by atoms with Crippen molar-refractivity contribution in [3.8, 4) is 0 Å². The molecule has 0 spiro atoms. The van der Waals surface area contributed by atoms with Gasteiger partial charge in [-0.05, 0) is 43.9 Å². The van der Waals surface area contributed by atoms with Crippen molar-refractivity contribution in [2.75, 3.05) is 7.05 Å². The zero-order valence-corrected chi connectivity index (χ0v) is 12.4. The highest BCUT2D eigenvalue weighted by atomic mass is 16.6. The Bertz CT molecular complexity index is 524. The fourth-order valence-electron chi connectivity index (χ4n) is 2.09. The van der Waals surface area contributed by atoms with Gasteiger partial charge in [0.1, 0.15) is 0 Å². The molecule has 0 bridgehead atoms. The molecule has 0 aliphatic heterocycles. The average Bonchev–Trinajstić information content (AvgIpc) is 2.55. The van der Waals surface area contributed by atoms with Crippen LogP contribution in [0.4, 0.5) is 5.69 Å². The number of nitrogens with zero attached hydrogens (tertiary/aromatic N) is 1. The van der Waals surface area contributed by atoms with Crippen molar-refractivity contribution in [1.82, 2.24) is 0 Å². The number of hydrogen-bond acceptors (Lipinski definition) is 3. The van der Waals surface area contributed by atoms with Crippen LogP contribution in [-0.4, -0.2) is 12.0 Å². The summed E-state index contributed by atoms with van der Waals surface area (Å²) < 4.78 is 0. The minimum absolute atomic E-state index is 0.160. The van der Waals surface area contributed by atoms with E-state index in [1.54, 1.807) is 12.1 Å². The van der Waals surface area contributed by atoms with Crippen LogP contribution in [-0.2, 0) is 12.8 Å². The number of rotatable bonds is 6. The van der Waals surface area contributed by atoms with Crippen LogP contribution >= 0.6 is 0 Å². The second-order valence-electron chi connectivity index (χ2n) is 4.62. The fourth-order valence-corrected chi connectivity index (χ4v) is 2.09. The molecule has 2 aromatic carbocycles. The molecule has 0 atom stereocenters. The van der Waals surface area contributed by atoms with Crippen LogP contribution in [0.2, 0.25) is 0 Å². The number of hydrogen-bond donors (Lipinski definition) is 1. The number of non-ortho nitro benzene ring substituents is 1. The largest absolute Gasteiger partial charge is 0.333 e. The van der Waals surface area contributed by atoms with Crippen LogP contribution in [0, 0.1) is 10.1 Å². The molecule has 0 radical (unpaired) electrons. The minimum Gasteiger partial charge on any atom is -0.333 e. The summed E-state index contributed by atoms with van der Waals surface area (Å²) in [6, 6.07) is 17.3. The molecule has 0 amide bonds. The number of unbranched alkanes of at least 4 members (excludes halogenated alkanes) is 1. The Kier molecular flexibility index (Phi) is 7.76. The molecule has 0 saturated heterocycles. The van der Waals surface area contributed by atoms with E-state index in [4.69, 9.17) is 0 Å². The van der Waals surface area contributed by atoms with Gasteiger partial charge in [-0.25, -0.2) is 0 Å². The normalized spacial score (nSPS) is 9.62. The smallest absolute Gasteiger partial charge is 0.269 e. The number of nitro benzene ring substituents is 1. The van der Waals surface area contributed by atoms with Crippen LogP contribution in [0.3, 0.4) is 0 Å². The maximum atomic E-state index is 10.5. The third-order valence-electron chi connectivity index (χ3n) is 3.17. The number of benzene rings is 2. The van der Waals surface area contributed by atoms with E-state index in [0.717, 1.165) is 25.7 Å². The highest BCUT2D eigenvalue weighted by Gasteiger charge is 2.03. The Balaban J connectivity index is 0.00000106. The van der Waals surface area contributed by atoms with Crippen molar-refractivity contribution in [3.05, 3.63) is 75.8 Å². The Labute approximate surface area is 125 Å². The molecule has 4 nitrogen and oxygen atoms in total. The van der Waals surface area contributed by atoms with Crippen LogP contribution in [0.15, 0.2) is 54.6 Å². The monoisotopic (exact) mass is 286 g/mol. The van der Waals surface area contributed by atoms with E-state index >= 15 is 0 Å². The quantitative estimate of drug-likeness (QED) is 0.499. The summed E-state index contributed by atoms with van der Waals surface area (Å²) in [6.07, 6.45) is 4.31. The van der Waals surface area contributed by atoms with Gasteiger partial charge in [-0.1, -0.05) is 42.5 Å². The van der Waals surface area contributed by atoms with Crippen molar-refractivity contribution in [2.24, 2.45) is 5.73 Å². The van der Waals surface area contributed by atoms with Gasteiger partial charge >= 0.3 is 0 Å². The van der Waals surface area contributed by atoms with Gasteiger partial charge in [0.2, 0.25) is 0 Å². The summed E-state index contributed by atoms with van der Waals surface area (Å²) in [6.45, 7) is 0. The van der Waals surface area contributed by atoms with Crippen LogP contribution in [0.5, 0.6) is 0 Å². The standard InChI is InChI=1S/C16H17NO2.CH5N/c18-17(19)16-12-10-15(11-13-16)9-5-4-8-14-6-2-1-3-7-14;1-2/h1-3,6-7,10-13H,4-5,8-9H2;2H2,1H3. The molecule has 112 valence electrons. The van der Waals surface area contributed by atoms with E-state index in [2.05, 4.69) is 30.0 Å². The maximum absolute atomic E-state index is 10.5. The van der Waals surface area contributed by atoms with Gasteiger partial charge in [-0.2, -0.15) is 0 Å². The van der Waals surface area contributed by atoms with E-state index in [9.17, 15) is 10.1 Å². The first kappa shape index (κ1) is 16.9. The number of nitro groups is 1. The van der Waals surface area contributed by atoms with Gasteiger partial charge in [0.05, 0.1) is 4.92 Å². The number of nitrogens with two attached hydrogens (primary N) is 1. The lowest BCUT2D eigenvalue weighted by atomic mass is 10.0. The SMILES string of the molecule is CN.O=[N+]([O-])c1ccc(CCCCc2ccccc2)cc1. The fraction of sp³-hybridized carbons (Fsp3) is 0.294. The second-order valence-corrected chi connectivity index (χ2v) is 4.62. The molecule has 0 heterocycles. The van der Waals surface area contributed by atoms with Crippen LogP contribution < -0.4 is 5.73 Å². The third-order valence-corrected chi connectivity index (χ3v) is 3.17. The molecule has 4 heteroatoms. The minimum atomic E-state index is -0.362. The molecular formula is C17H22N2O2. The van der Waals surface area contributed by atoms with Crippen molar-refractivity contribution in [2.45, 2.75) is 25.7 Å². The Morgan fingerprint density at radius 3 is 1.81 bits per heavy atom. The zero-order valence-electron chi connectivity index (χ0n) is 12.4. The van der Waals surface area contributed by atoms with Crippen molar-refractivity contribution < 1.29 is 4.92 Å². The Morgan fingerprint density at radius 1 is 0.857 bits per heavy atom. The van der Waals surface area contributed by atoms with Gasteiger partial charge in [0.15, 0.2) is 0 Å². The van der Waals surface area contributed by atoms with E-state index < -0.39 is 0 Å². The third kappa shape index (κ3) is 6.19. The summed E-state index contributed by atoms with van der Waals surface area (Å²) >= 11 is 0. The highest BCUT2D eigenvalue weighted by Crippen LogP contribution is 2.14. The van der Waals surface area contributed by atoms with Crippen molar-refractivity contribution in [1.29, 1.82) is 0 Å². The topological polar surface area (TPSA) is 69.2 Å². The lowest BCUT2D eigenvalue weighted by molar-refractivity contribution is -0.384. The zero-order chi connectivity index (χ0) is 15.5. The maximum Gasteiger partial charge on any atom is 0.269 e. The Morgan fingerprint density at radius 2 is 1.33 bits per heavy atom. The summed E-state index contributed by atoms with van der Waals surface area (Å²) in [5.74, 6) is 0. The van der Waals surface area contributed by atoms with E-state index in [0.29, 0.717) is 0 Å². The van der Waals surface area contributed by atoms with E-state index in [-0.39, 0.29) is 10.6 Å². The van der Waals surface area contributed by atoms with Crippen molar-refractivity contribution >= 4 is 5.69 Å². The highest BCUT2D eigenvalue weighted by molar-refractivity contribution is 5.32. The first-order valence-electron chi connectivity index (χ1n) is 7.11. The number of aryl methyl sites for hydroxylation is 2. The molecule has 21 heavy (non-hydrogen) atoms. The summed E-state index contributed by atoms with van der Waals surface area (Å²) in [7, 11) is 1.50. The lowest BCUT2D eigenvalue weighted by Gasteiger charge is -2.02. The summed E-state index contributed by atoms with van der Waals surface area (Å²) in [5, 5.41) is 10.5. The summed E-state index contributed by atoms with van der Waals surface area (Å²) in [4.78, 5) is 10.2. The van der Waals surface area contributed by atoms with Gasteiger partial charge in [0.25, 0.3) is 5.69 Å². The molecule has 0 aliphatic rings. The predicted molar refractivity (Wildman–Crippen MR) is 86.3 cm³/mol. The van der Waals surface area contributed by atoms with E-state index in [1.807, 2.05) is 18.2 Å². The molecule has 2 rings (SSSR count). The molecule has 0 fully saturated rings.